The van der Waals surface area contributed by atoms with Gasteiger partial charge in [-0.2, -0.15) is 0 Å². The van der Waals surface area contributed by atoms with E-state index in [1.54, 1.807) is 48.5 Å². The summed E-state index contributed by atoms with van der Waals surface area (Å²) in [5.74, 6) is 0. The van der Waals surface area contributed by atoms with E-state index in [1.165, 1.54) is 30.9 Å². The lowest BCUT2D eigenvalue weighted by Crippen LogP contribution is -2.61. The predicted molar refractivity (Wildman–Crippen MR) is 286 cm³/mol. The van der Waals surface area contributed by atoms with Gasteiger partial charge in [-0.25, -0.2) is 0 Å². The molecule has 0 bridgehead atoms. The molecule has 330 valence electrons. The fraction of sp³-hybridized carbons (Fsp3) is 0.194. The first-order valence-corrected chi connectivity index (χ1v) is 21.4. The molecule has 0 atom stereocenters. The van der Waals surface area contributed by atoms with Gasteiger partial charge in [0.1, 0.15) is 5.58 Å². The summed E-state index contributed by atoms with van der Waals surface area (Å²) >= 11 is 0. The summed E-state index contributed by atoms with van der Waals surface area (Å²) < 4.78 is 280. The third kappa shape index (κ3) is 7.15. The number of para-hydroxylation sites is 2. The van der Waals surface area contributed by atoms with Crippen LogP contribution in [0.15, 0.2) is 192 Å². The van der Waals surface area contributed by atoms with Crippen LogP contribution in [0.2, 0.25) is 0 Å². The minimum atomic E-state index is -1.98. The Bertz CT molecular complexity index is 4840. The molecule has 3 heterocycles. The SMILES string of the molecule is [2H]c1c([2H])c([2H])c(N(c2c([2H])c([2H])c([2H])c([2H])c2[2H])c2c([2H])c([2H])c3c(c2[2H])N(c2c([2H])c([2H])c(C(C)(C)c4c([2H])c([2H])c([2H])c([2H])c4[2H])c([2H])c2[2H])c2cc(C)cc4c2B3c2oc3c([2H])c([2H])c(C(C)(C)C)c([2H])c3c2N4c2c([2H])c([2H])c(C(C)(C)C)c([2H])c2[2H])c([2H])c1[2H]. The van der Waals surface area contributed by atoms with Crippen LogP contribution >= 0.6 is 0 Å². The van der Waals surface area contributed by atoms with Crippen molar-refractivity contribution in [3.05, 3.63) is 215 Å². The zero-order chi connectivity index (χ0) is 71.6. The van der Waals surface area contributed by atoms with Gasteiger partial charge in [-0.15, -0.1) is 0 Å². The lowest BCUT2D eigenvalue weighted by molar-refractivity contribution is 0.590. The van der Waals surface area contributed by atoms with Crippen LogP contribution in [0.4, 0.5) is 51.2 Å². The summed E-state index contributed by atoms with van der Waals surface area (Å²) in [6, 6.07) is -21.8. The average Bonchev–Trinajstić information content (AvgIpc) is 1.29. The largest absolute Gasteiger partial charge is 0.468 e. The van der Waals surface area contributed by atoms with Gasteiger partial charge >= 0.3 is 0 Å². The fourth-order valence-corrected chi connectivity index (χ4v) is 8.40. The molecule has 2 aliphatic rings. The molecule has 0 saturated carbocycles. The zero-order valence-electron chi connectivity index (χ0n) is 67.0. The lowest BCUT2D eigenvalue weighted by Gasteiger charge is -2.43. The molecule has 8 aromatic carbocycles. The highest BCUT2D eigenvalue weighted by atomic mass is 16.3. The molecule has 0 aliphatic carbocycles. The first-order chi connectivity index (χ1) is 44.3. The molecule has 9 aromatic rings. The fourth-order valence-electron chi connectivity index (χ4n) is 8.40. The molecular formula is C62H58BN3O. The Morgan fingerprint density at radius 1 is 0.493 bits per heavy atom. The van der Waals surface area contributed by atoms with Crippen LogP contribution in [0.25, 0.3) is 11.0 Å². The summed E-state index contributed by atoms with van der Waals surface area (Å²) in [7, 11) is 0. The second-order valence-electron chi connectivity index (χ2n) is 18.9. The van der Waals surface area contributed by atoms with Gasteiger partial charge < -0.3 is 19.1 Å². The summed E-state index contributed by atoms with van der Waals surface area (Å²) in [6.07, 6.45) is 0. The van der Waals surface area contributed by atoms with Crippen molar-refractivity contribution in [2.45, 2.75) is 78.6 Å². The highest BCUT2D eigenvalue weighted by Crippen LogP contribution is 2.49. The molecule has 0 unspecified atom stereocenters. The second-order valence-corrected chi connectivity index (χ2v) is 18.9. The summed E-state index contributed by atoms with van der Waals surface area (Å²) in [6.45, 7) is 12.6. The van der Waals surface area contributed by atoms with Crippen LogP contribution in [0.3, 0.4) is 0 Å². The molecule has 0 spiro atoms. The summed E-state index contributed by atoms with van der Waals surface area (Å²) in [5, 5.41) is -0.212. The predicted octanol–water partition coefficient (Wildman–Crippen LogP) is 15.2. The van der Waals surface area contributed by atoms with Gasteiger partial charge in [0.25, 0.3) is 6.71 Å². The number of hydrogen-bond acceptors (Lipinski definition) is 4. The normalized spacial score (nSPS) is 19.4. The van der Waals surface area contributed by atoms with Crippen LogP contribution in [-0.2, 0) is 16.2 Å². The van der Waals surface area contributed by atoms with Gasteiger partial charge in [-0.1, -0.05) is 158 Å². The molecule has 0 N–H and O–H groups in total. The van der Waals surface area contributed by atoms with Crippen LogP contribution in [0.1, 0.15) is 123 Å². The summed E-state index contributed by atoms with van der Waals surface area (Å²) in [4.78, 5) is 2.75. The Morgan fingerprint density at radius 2 is 1.00 bits per heavy atom. The van der Waals surface area contributed by atoms with E-state index >= 15 is 0 Å². The number of benzene rings is 8. The van der Waals surface area contributed by atoms with Crippen LogP contribution in [-0.4, -0.2) is 6.71 Å². The number of fused-ring (bicyclic) bond motifs is 6. The maximum Gasteiger partial charge on any atom is 0.297 e. The van der Waals surface area contributed by atoms with E-state index in [0.717, 1.165) is 4.90 Å². The average molecular weight is 901 g/mol. The third-order valence-electron chi connectivity index (χ3n) is 11.9. The topological polar surface area (TPSA) is 22.9 Å². The number of aryl methyl sites for hydroxylation is 1. The quantitative estimate of drug-likeness (QED) is 0.149. The van der Waals surface area contributed by atoms with E-state index in [4.69, 9.17) is 19.5 Å². The van der Waals surface area contributed by atoms with Crippen molar-refractivity contribution >= 4 is 85.5 Å². The molecule has 67 heavy (non-hydrogen) atoms. The van der Waals surface area contributed by atoms with Gasteiger partial charge in [0.15, 0.2) is 0 Å². The number of furan rings is 1. The van der Waals surface area contributed by atoms with Crippen molar-refractivity contribution in [3.8, 4) is 0 Å². The third-order valence-corrected chi connectivity index (χ3v) is 11.9. The second kappa shape index (κ2) is 15.7. The highest BCUT2D eigenvalue weighted by molar-refractivity contribution is 7.00. The number of nitrogens with zero attached hydrogens (tertiary/aromatic N) is 3. The van der Waals surface area contributed by atoms with Crippen LogP contribution in [0, 0.1) is 6.92 Å². The number of anilines is 9. The number of hydrogen-bond donors (Lipinski definition) is 0. The van der Waals surface area contributed by atoms with Gasteiger partial charge in [-0.3, -0.25) is 0 Å². The van der Waals surface area contributed by atoms with Crippen molar-refractivity contribution in [2.24, 2.45) is 0 Å². The van der Waals surface area contributed by atoms with Gasteiger partial charge in [0, 0.05) is 56.3 Å². The Balaban J connectivity index is 1.41. The van der Waals surface area contributed by atoms with Crippen molar-refractivity contribution in [2.75, 3.05) is 14.7 Å². The van der Waals surface area contributed by atoms with Crippen molar-refractivity contribution < 1.29 is 44.2 Å². The Morgan fingerprint density at radius 3 is 1.58 bits per heavy atom. The molecule has 11 rings (SSSR count). The van der Waals surface area contributed by atoms with E-state index in [2.05, 4.69) is 0 Å². The molecule has 0 amide bonds. The molecule has 5 heteroatoms. The monoisotopic (exact) mass is 901 g/mol. The summed E-state index contributed by atoms with van der Waals surface area (Å²) in [5.41, 5.74) is -11.7. The minimum absolute atomic E-state index is 0.00619. The lowest BCUT2D eigenvalue weighted by atomic mass is 9.35. The molecule has 1 aromatic heterocycles. The zero-order valence-corrected chi connectivity index (χ0v) is 38.0. The van der Waals surface area contributed by atoms with Crippen molar-refractivity contribution in [1.82, 2.24) is 0 Å². The van der Waals surface area contributed by atoms with Crippen LogP contribution in [0.5, 0.6) is 0 Å². The Kier molecular flexibility index (Phi) is 4.96. The Labute approximate surface area is 438 Å². The first-order valence-electron chi connectivity index (χ1n) is 35.9. The maximum absolute atomic E-state index is 10.8. The molecular weight excluding hydrogens is 814 g/mol. The van der Waals surface area contributed by atoms with E-state index in [0.29, 0.717) is 4.90 Å². The van der Waals surface area contributed by atoms with Gasteiger partial charge in [0.2, 0.25) is 0 Å². The van der Waals surface area contributed by atoms with E-state index in [9.17, 15) is 24.7 Å². The van der Waals surface area contributed by atoms with Gasteiger partial charge in [-0.05, 0) is 141 Å². The molecule has 0 radical (unpaired) electrons. The van der Waals surface area contributed by atoms with Crippen molar-refractivity contribution in [3.63, 3.8) is 0 Å². The van der Waals surface area contributed by atoms with E-state index in [-0.39, 0.29) is 50.3 Å². The van der Waals surface area contributed by atoms with E-state index < -0.39 is 254 Å². The number of rotatable bonds is 7. The smallest absolute Gasteiger partial charge is 0.297 e. The highest BCUT2D eigenvalue weighted by Gasteiger charge is 2.47. The van der Waals surface area contributed by atoms with Crippen molar-refractivity contribution in [1.29, 1.82) is 0 Å². The molecule has 4 nitrogen and oxygen atoms in total. The molecule has 0 saturated heterocycles. The Hall–Kier alpha value is -7.24. The van der Waals surface area contributed by atoms with E-state index in [1.807, 2.05) is 0 Å². The van der Waals surface area contributed by atoms with Gasteiger partial charge in [0.05, 0.1) is 51.1 Å². The van der Waals surface area contributed by atoms with Crippen LogP contribution < -0.4 is 31.3 Å². The molecule has 0 fully saturated rings. The maximum atomic E-state index is 10.8. The first kappa shape index (κ1) is 21.2. The standard InChI is InChI=1S/C62H58BN3O/c1-41-37-54-57-55(38-41)66(49-30-25-42(26-31-49)60(2,3)4)58-51-39-45(61(5,6)7)29-36-56(51)67-59(58)63(57)52-35-34-50(64(46-21-15-11-16-22-46)47-23-17-12-18-24-47)40-53(52)65(54)48-32-27-44(28-33-48)62(8,9)43-19-13-10-14-20-43/h10-40H,1-9H3/i10D,11D,12D,13D,14D,15D,16D,17D,18D,19D,20D,21D,22D,23D,24D,25D,26D,27D,28D,29D,30D,31D,32D,33D,34D,35D,36D,39D,40D. The molecule has 2 aliphatic heterocycles. The minimum Gasteiger partial charge on any atom is -0.468 e.